The first kappa shape index (κ1) is 16.8. The zero-order valence-electron chi connectivity index (χ0n) is 12.9. The van der Waals surface area contributed by atoms with Gasteiger partial charge in [0, 0.05) is 24.1 Å². The van der Waals surface area contributed by atoms with Gasteiger partial charge in [-0.3, -0.25) is 9.59 Å². The Morgan fingerprint density at radius 1 is 1.29 bits per heavy atom. The second-order valence-corrected chi connectivity index (χ2v) is 5.76. The minimum atomic E-state index is -0.272. The molecule has 116 valence electrons. The lowest BCUT2D eigenvalue weighted by molar-refractivity contribution is -0.122. The second kappa shape index (κ2) is 6.97. The van der Waals surface area contributed by atoms with E-state index in [0.717, 1.165) is 0 Å². The average Bonchev–Trinajstić information content (AvgIpc) is 2.37. The molecule has 0 unspecified atom stereocenters. The molecule has 0 spiro atoms. The number of rotatable bonds is 5. The van der Waals surface area contributed by atoms with E-state index in [1.54, 1.807) is 18.2 Å². The molecular weight excluding hydrogens is 270 g/mol. The Bertz CT molecular complexity index is 521. The predicted molar refractivity (Wildman–Crippen MR) is 82.3 cm³/mol. The van der Waals surface area contributed by atoms with E-state index in [4.69, 9.17) is 10.5 Å². The maximum Gasteiger partial charge on any atom is 0.251 e. The highest BCUT2D eigenvalue weighted by atomic mass is 16.5. The Labute approximate surface area is 125 Å². The molecule has 0 radical (unpaired) electrons. The fourth-order valence-electron chi connectivity index (χ4n) is 1.72. The highest BCUT2D eigenvalue weighted by molar-refractivity contribution is 5.95. The van der Waals surface area contributed by atoms with E-state index in [1.807, 2.05) is 20.8 Å². The third kappa shape index (κ3) is 5.72. The van der Waals surface area contributed by atoms with Crippen LogP contribution in [0.3, 0.4) is 0 Å². The normalized spacial score (nSPS) is 10.9. The van der Waals surface area contributed by atoms with Gasteiger partial charge in [-0.1, -0.05) is 0 Å². The Hall–Kier alpha value is -2.24. The molecule has 2 amide bonds. The summed E-state index contributed by atoms with van der Waals surface area (Å²) in [6.45, 7) is 5.99. The number of carbonyl (C=O) groups is 2. The van der Waals surface area contributed by atoms with Crippen molar-refractivity contribution in [2.45, 2.75) is 32.7 Å². The van der Waals surface area contributed by atoms with Crippen LogP contribution in [-0.2, 0) is 4.79 Å². The maximum absolute atomic E-state index is 12.0. The highest BCUT2D eigenvalue weighted by Gasteiger charge is 2.14. The molecule has 0 aliphatic rings. The summed E-state index contributed by atoms with van der Waals surface area (Å²) in [5.74, 6) is 0.0858. The first-order chi connectivity index (χ1) is 9.73. The van der Waals surface area contributed by atoms with E-state index < -0.39 is 0 Å². The van der Waals surface area contributed by atoms with Gasteiger partial charge in [-0.15, -0.1) is 0 Å². The Morgan fingerprint density at radius 3 is 2.52 bits per heavy atom. The van der Waals surface area contributed by atoms with Gasteiger partial charge in [0.05, 0.1) is 12.8 Å². The van der Waals surface area contributed by atoms with Crippen LogP contribution in [0, 0.1) is 0 Å². The molecule has 0 saturated heterocycles. The van der Waals surface area contributed by atoms with Crippen LogP contribution >= 0.6 is 0 Å². The van der Waals surface area contributed by atoms with E-state index in [0.29, 0.717) is 17.0 Å². The minimum absolute atomic E-state index is 0.0994. The lowest BCUT2D eigenvalue weighted by Crippen LogP contribution is -2.41. The summed E-state index contributed by atoms with van der Waals surface area (Å²) in [5.41, 5.74) is 6.33. The molecule has 0 bridgehead atoms. The van der Waals surface area contributed by atoms with Gasteiger partial charge in [0.2, 0.25) is 5.91 Å². The zero-order chi connectivity index (χ0) is 16.0. The van der Waals surface area contributed by atoms with Crippen LogP contribution in [0.4, 0.5) is 5.69 Å². The number of ether oxygens (including phenoxy) is 1. The predicted octanol–water partition coefficient (Wildman–Crippen LogP) is 1.31. The summed E-state index contributed by atoms with van der Waals surface area (Å²) >= 11 is 0. The van der Waals surface area contributed by atoms with Gasteiger partial charge in [0.15, 0.2) is 0 Å². The number of benzene rings is 1. The molecule has 1 aromatic rings. The standard InChI is InChI=1S/C15H23N3O3/c1-15(2,3)18-13(19)7-8-17-14(20)10-5-6-11(16)12(9-10)21-4/h5-6,9H,7-8,16H2,1-4H3,(H,17,20)(H,18,19). The fraction of sp³-hybridized carbons (Fsp3) is 0.467. The molecule has 4 N–H and O–H groups in total. The molecule has 1 rings (SSSR count). The molecule has 0 saturated carbocycles. The van der Waals surface area contributed by atoms with Crippen molar-refractivity contribution in [3.8, 4) is 5.75 Å². The molecule has 0 atom stereocenters. The Kier molecular flexibility index (Phi) is 5.58. The summed E-state index contributed by atoms with van der Waals surface area (Å²) in [5, 5.41) is 5.52. The van der Waals surface area contributed by atoms with Crippen molar-refractivity contribution < 1.29 is 14.3 Å². The van der Waals surface area contributed by atoms with E-state index in [1.165, 1.54) is 7.11 Å². The van der Waals surface area contributed by atoms with Crippen molar-refractivity contribution >= 4 is 17.5 Å². The topological polar surface area (TPSA) is 93.4 Å². The molecule has 0 fully saturated rings. The molecule has 0 aliphatic carbocycles. The third-order valence-electron chi connectivity index (χ3n) is 2.65. The van der Waals surface area contributed by atoms with Crippen LogP contribution in [-0.4, -0.2) is 31.0 Å². The van der Waals surface area contributed by atoms with Crippen molar-refractivity contribution in [2.24, 2.45) is 0 Å². The van der Waals surface area contributed by atoms with Crippen molar-refractivity contribution in [1.29, 1.82) is 0 Å². The number of nitrogens with one attached hydrogen (secondary N) is 2. The molecule has 1 aromatic carbocycles. The zero-order valence-corrected chi connectivity index (χ0v) is 12.9. The monoisotopic (exact) mass is 293 g/mol. The Balaban J connectivity index is 2.49. The molecule has 0 aromatic heterocycles. The van der Waals surface area contributed by atoms with Crippen LogP contribution in [0.1, 0.15) is 37.6 Å². The van der Waals surface area contributed by atoms with Crippen molar-refractivity contribution in [1.82, 2.24) is 10.6 Å². The van der Waals surface area contributed by atoms with Crippen LogP contribution < -0.4 is 21.1 Å². The molecule has 0 aliphatic heterocycles. The minimum Gasteiger partial charge on any atom is -0.495 e. The second-order valence-electron chi connectivity index (χ2n) is 5.76. The average molecular weight is 293 g/mol. The number of methoxy groups -OCH3 is 1. The lowest BCUT2D eigenvalue weighted by Gasteiger charge is -2.20. The van der Waals surface area contributed by atoms with Gasteiger partial charge < -0.3 is 21.1 Å². The van der Waals surface area contributed by atoms with E-state index in [2.05, 4.69) is 10.6 Å². The molecular formula is C15H23N3O3. The van der Waals surface area contributed by atoms with E-state index in [-0.39, 0.29) is 30.3 Å². The van der Waals surface area contributed by atoms with Crippen molar-refractivity contribution in [3.63, 3.8) is 0 Å². The molecule has 0 heterocycles. The summed E-state index contributed by atoms with van der Waals surface area (Å²) in [7, 11) is 1.49. The number of carbonyl (C=O) groups excluding carboxylic acids is 2. The van der Waals surface area contributed by atoms with E-state index >= 15 is 0 Å². The van der Waals surface area contributed by atoms with Gasteiger partial charge >= 0.3 is 0 Å². The summed E-state index contributed by atoms with van der Waals surface area (Å²) in [6, 6.07) is 4.79. The maximum atomic E-state index is 12.0. The smallest absolute Gasteiger partial charge is 0.251 e. The number of nitrogens with two attached hydrogens (primary N) is 1. The summed E-state index contributed by atoms with van der Waals surface area (Å²) in [6.07, 6.45) is 0.231. The van der Waals surface area contributed by atoms with Gasteiger partial charge in [0.1, 0.15) is 5.75 Å². The number of hydrogen-bond donors (Lipinski definition) is 3. The highest BCUT2D eigenvalue weighted by Crippen LogP contribution is 2.21. The number of hydrogen-bond acceptors (Lipinski definition) is 4. The first-order valence-electron chi connectivity index (χ1n) is 6.75. The van der Waals surface area contributed by atoms with Crippen LogP contribution in [0.2, 0.25) is 0 Å². The molecule has 6 nitrogen and oxygen atoms in total. The number of nitrogen functional groups attached to an aromatic ring is 1. The van der Waals surface area contributed by atoms with Crippen molar-refractivity contribution in [3.05, 3.63) is 23.8 Å². The summed E-state index contributed by atoms with van der Waals surface area (Å²) in [4.78, 5) is 23.6. The van der Waals surface area contributed by atoms with Gasteiger partial charge in [0.25, 0.3) is 5.91 Å². The van der Waals surface area contributed by atoms with Gasteiger partial charge in [-0.05, 0) is 39.0 Å². The van der Waals surface area contributed by atoms with Crippen LogP contribution in [0.25, 0.3) is 0 Å². The largest absolute Gasteiger partial charge is 0.495 e. The third-order valence-corrected chi connectivity index (χ3v) is 2.65. The van der Waals surface area contributed by atoms with E-state index in [9.17, 15) is 9.59 Å². The number of amides is 2. The lowest BCUT2D eigenvalue weighted by atomic mass is 10.1. The van der Waals surface area contributed by atoms with Crippen molar-refractivity contribution in [2.75, 3.05) is 19.4 Å². The quantitative estimate of drug-likeness (QED) is 0.714. The van der Waals surface area contributed by atoms with Crippen LogP contribution in [0.5, 0.6) is 5.75 Å². The SMILES string of the molecule is COc1cc(C(=O)NCCC(=O)NC(C)(C)C)ccc1N. The summed E-state index contributed by atoms with van der Waals surface area (Å²) < 4.78 is 5.06. The first-order valence-corrected chi connectivity index (χ1v) is 6.75. The molecule has 21 heavy (non-hydrogen) atoms. The molecule has 6 heteroatoms. The van der Waals surface area contributed by atoms with Gasteiger partial charge in [-0.2, -0.15) is 0 Å². The van der Waals surface area contributed by atoms with Gasteiger partial charge in [-0.25, -0.2) is 0 Å². The Morgan fingerprint density at radius 2 is 1.95 bits per heavy atom. The number of anilines is 1. The van der Waals surface area contributed by atoms with Crippen LogP contribution in [0.15, 0.2) is 18.2 Å². The fourth-order valence-corrected chi connectivity index (χ4v) is 1.72.